The van der Waals surface area contributed by atoms with E-state index in [0.29, 0.717) is 11.3 Å². The summed E-state index contributed by atoms with van der Waals surface area (Å²) in [6.07, 6.45) is -4.63. The van der Waals surface area contributed by atoms with Crippen molar-refractivity contribution in [3.05, 3.63) is 101 Å². The first-order valence-electron chi connectivity index (χ1n) is 12.1. The number of aromatic carboxylic acids is 1. The van der Waals surface area contributed by atoms with Crippen LogP contribution in [-0.4, -0.2) is 25.9 Å². The number of benzene rings is 4. The van der Waals surface area contributed by atoms with Gasteiger partial charge in [0.1, 0.15) is 11.4 Å². The molecule has 0 fully saturated rings. The lowest BCUT2D eigenvalue weighted by molar-refractivity contribution is -0.137. The predicted octanol–water partition coefficient (Wildman–Crippen LogP) is 8.46. The van der Waals surface area contributed by atoms with Gasteiger partial charge in [0.2, 0.25) is 5.88 Å². The number of carbonyl (C=O) groups is 1. The number of alkyl halides is 3. The first kappa shape index (κ1) is 26.5. The molecule has 1 heterocycles. The molecule has 4 aromatic carbocycles. The van der Waals surface area contributed by atoms with Crippen molar-refractivity contribution in [2.45, 2.75) is 20.0 Å². The van der Waals surface area contributed by atoms with E-state index in [4.69, 9.17) is 0 Å². The van der Waals surface area contributed by atoms with E-state index in [1.807, 2.05) is 13.8 Å². The summed E-state index contributed by atoms with van der Waals surface area (Å²) in [4.78, 5) is 12.0. The van der Waals surface area contributed by atoms with Crippen molar-refractivity contribution in [1.82, 2.24) is 4.57 Å². The van der Waals surface area contributed by atoms with Crippen LogP contribution in [0, 0.1) is 13.8 Å². The van der Waals surface area contributed by atoms with E-state index in [9.17, 15) is 33.3 Å². The number of nitrogens with zero attached hydrogens (tertiary/aromatic N) is 3. The van der Waals surface area contributed by atoms with Crippen molar-refractivity contribution in [3.8, 4) is 28.4 Å². The maximum absolute atomic E-state index is 13.6. The molecule has 0 aliphatic carbocycles. The number of rotatable bonds is 5. The molecule has 202 valence electrons. The normalized spacial score (nSPS) is 11.9. The van der Waals surface area contributed by atoms with E-state index in [0.717, 1.165) is 23.3 Å². The Morgan fingerprint density at radius 1 is 0.800 bits per heavy atom. The number of aromatic nitrogens is 1. The Balaban J connectivity index is 1.77. The minimum Gasteiger partial charge on any atom is -0.507 e. The minimum atomic E-state index is -4.63. The van der Waals surface area contributed by atoms with Crippen molar-refractivity contribution in [1.29, 1.82) is 0 Å². The highest BCUT2D eigenvalue weighted by atomic mass is 19.4. The second-order valence-electron chi connectivity index (χ2n) is 9.23. The number of phenolic OH excluding ortho intramolecular Hbond substituents is 1. The van der Waals surface area contributed by atoms with E-state index in [1.165, 1.54) is 28.8 Å². The van der Waals surface area contributed by atoms with Crippen molar-refractivity contribution in [3.63, 3.8) is 0 Å². The SMILES string of the molecule is Cc1ccc(-n2c(O)c(N=Nc3c(C(=O)O)cccc3-c3ccccc3O)c3ccc(C(F)(F)F)cc32)cc1C. The molecular formula is C30H22F3N3O4. The highest BCUT2D eigenvalue weighted by Crippen LogP contribution is 2.45. The van der Waals surface area contributed by atoms with E-state index in [-0.39, 0.29) is 39.2 Å². The van der Waals surface area contributed by atoms with Gasteiger partial charge in [-0.2, -0.15) is 13.2 Å². The van der Waals surface area contributed by atoms with Crippen LogP contribution in [0.15, 0.2) is 89.1 Å². The molecule has 5 rings (SSSR count). The van der Waals surface area contributed by atoms with Crippen LogP contribution in [0.5, 0.6) is 11.6 Å². The summed E-state index contributed by atoms with van der Waals surface area (Å²) in [6, 6.07) is 18.8. The van der Waals surface area contributed by atoms with Gasteiger partial charge in [-0.3, -0.25) is 4.57 Å². The largest absolute Gasteiger partial charge is 0.507 e. The number of hydrogen-bond donors (Lipinski definition) is 3. The number of halogens is 3. The van der Waals surface area contributed by atoms with Crippen molar-refractivity contribution in [2.75, 3.05) is 0 Å². The molecule has 0 atom stereocenters. The van der Waals surface area contributed by atoms with E-state index in [1.54, 1.807) is 42.5 Å². The van der Waals surface area contributed by atoms with Gasteiger partial charge in [0.25, 0.3) is 0 Å². The lowest BCUT2D eigenvalue weighted by atomic mass is 9.99. The zero-order valence-corrected chi connectivity index (χ0v) is 21.2. The van der Waals surface area contributed by atoms with Crippen LogP contribution >= 0.6 is 0 Å². The third kappa shape index (κ3) is 4.64. The summed E-state index contributed by atoms with van der Waals surface area (Å²) < 4.78 is 42.1. The highest BCUT2D eigenvalue weighted by Gasteiger charge is 2.32. The van der Waals surface area contributed by atoms with Gasteiger partial charge < -0.3 is 15.3 Å². The van der Waals surface area contributed by atoms with E-state index in [2.05, 4.69) is 10.2 Å². The van der Waals surface area contributed by atoms with Gasteiger partial charge in [0, 0.05) is 22.2 Å². The topological polar surface area (TPSA) is 107 Å². The molecule has 1 aromatic heterocycles. The molecule has 7 nitrogen and oxygen atoms in total. The number of aryl methyl sites for hydroxylation is 2. The fourth-order valence-electron chi connectivity index (χ4n) is 4.50. The third-order valence-electron chi connectivity index (χ3n) is 6.70. The van der Waals surface area contributed by atoms with Gasteiger partial charge in [-0.25, -0.2) is 4.79 Å². The monoisotopic (exact) mass is 545 g/mol. The standard InChI is InChI=1S/C30H22F3N3O4/c1-16-10-12-19(14-17(16)2)36-24-15-18(30(31,32)33)11-13-22(24)27(28(36)38)35-34-26-21(7-5-8-23(26)29(39)40)20-6-3-4-9-25(20)37/h3-15,37-38H,1-2H3,(H,39,40). The zero-order chi connectivity index (χ0) is 28.8. The van der Waals surface area contributed by atoms with Crippen LogP contribution in [-0.2, 0) is 6.18 Å². The molecule has 0 unspecified atom stereocenters. The zero-order valence-electron chi connectivity index (χ0n) is 21.2. The molecule has 0 aliphatic rings. The van der Waals surface area contributed by atoms with Crippen LogP contribution < -0.4 is 0 Å². The summed E-state index contributed by atoms with van der Waals surface area (Å²) in [5.41, 5.74) is 1.44. The van der Waals surface area contributed by atoms with Gasteiger partial charge in [0.05, 0.1) is 16.6 Å². The summed E-state index contributed by atoms with van der Waals surface area (Å²) in [6.45, 7) is 3.73. The number of fused-ring (bicyclic) bond motifs is 1. The van der Waals surface area contributed by atoms with Gasteiger partial charge >= 0.3 is 12.1 Å². The molecule has 0 saturated heterocycles. The number of phenols is 1. The van der Waals surface area contributed by atoms with Crippen LogP contribution in [0.1, 0.15) is 27.0 Å². The third-order valence-corrected chi connectivity index (χ3v) is 6.70. The number of azo groups is 1. The van der Waals surface area contributed by atoms with Gasteiger partial charge in [-0.15, -0.1) is 10.2 Å². The Morgan fingerprint density at radius 2 is 1.50 bits per heavy atom. The number of hydrogen-bond acceptors (Lipinski definition) is 5. The molecule has 10 heteroatoms. The van der Waals surface area contributed by atoms with E-state index < -0.39 is 23.6 Å². The second kappa shape index (κ2) is 9.88. The molecule has 40 heavy (non-hydrogen) atoms. The molecule has 3 N–H and O–H groups in total. The highest BCUT2D eigenvalue weighted by molar-refractivity contribution is 5.99. The summed E-state index contributed by atoms with van der Waals surface area (Å²) in [7, 11) is 0. The first-order chi connectivity index (χ1) is 19.0. The van der Waals surface area contributed by atoms with Crippen LogP contribution in [0.25, 0.3) is 27.7 Å². The molecule has 5 aromatic rings. The fraction of sp³-hybridized carbons (Fsp3) is 0.100. The smallest absolute Gasteiger partial charge is 0.416 e. The second-order valence-corrected chi connectivity index (χ2v) is 9.23. The Labute approximate surface area is 226 Å². The minimum absolute atomic E-state index is 0.0389. The number of carboxylic acid groups (broad SMARTS) is 1. The lowest BCUT2D eigenvalue weighted by Crippen LogP contribution is -2.05. The van der Waals surface area contributed by atoms with Gasteiger partial charge in [0.15, 0.2) is 5.69 Å². The molecule has 0 spiro atoms. The fourth-order valence-corrected chi connectivity index (χ4v) is 4.50. The molecule has 0 saturated carbocycles. The maximum Gasteiger partial charge on any atom is 0.416 e. The molecule has 0 amide bonds. The van der Waals surface area contributed by atoms with Crippen LogP contribution in [0.4, 0.5) is 24.5 Å². The summed E-state index contributed by atoms with van der Waals surface area (Å²) >= 11 is 0. The van der Waals surface area contributed by atoms with E-state index >= 15 is 0 Å². The molecular weight excluding hydrogens is 523 g/mol. The Hall–Kier alpha value is -5.12. The average molecular weight is 546 g/mol. The quantitative estimate of drug-likeness (QED) is 0.193. The Morgan fingerprint density at radius 3 is 2.17 bits per heavy atom. The lowest BCUT2D eigenvalue weighted by Gasteiger charge is -2.11. The number of para-hydroxylation sites is 1. The summed E-state index contributed by atoms with van der Waals surface area (Å²) in [5.74, 6) is -1.89. The van der Waals surface area contributed by atoms with Crippen molar-refractivity contribution < 1.29 is 33.3 Å². The molecule has 0 radical (unpaired) electrons. The Bertz CT molecular complexity index is 1820. The summed E-state index contributed by atoms with van der Waals surface area (Å²) in [5, 5.41) is 40.0. The Kier molecular flexibility index (Phi) is 6.54. The number of carboxylic acids is 1. The van der Waals surface area contributed by atoms with Gasteiger partial charge in [-0.05, 0) is 67.4 Å². The van der Waals surface area contributed by atoms with Gasteiger partial charge in [-0.1, -0.05) is 36.4 Å². The number of aromatic hydroxyl groups is 2. The maximum atomic E-state index is 13.6. The molecule has 0 aliphatic heterocycles. The molecule has 0 bridgehead atoms. The predicted molar refractivity (Wildman–Crippen MR) is 144 cm³/mol. The van der Waals surface area contributed by atoms with Crippen molar-refractivity contribution >= 4 is 28.2 Å². The van der Waals surface area contributed by atoms with Crippen molar-refractivity contribution in [2.24, 2.45) is 10.2 Å². The first-order valence-corrected chi connectivity index (χ1v) is 12.1. The van der Waals surface area contributed by atoms with Crippen LogP contribution in [0.2, 0.25) is 0 Å². The van der Waals surface area contributed by atoms with Crippen LogP contribution in [0.3, 0.4) is 0 Å². The average Bonchev–Trinajstić information content (AvgIpc) is 3.19.